The average Bonchev–Trinajstić information content (AvgIpc) is 3.29. The third kappa shape index (κ3) is 40.3. The van der Waals surface area contributed by atoms with Gasteiger partial charge >= 0.3 is 0 Å². The van der Waals surface area contributed by atoms with Crippen molar-refractivity contribution in [3.8, 4) is 0 Å². The lowest BCUT2D eigenvalue weighted by atomic mass is 9.93. The molecule has 0 aromatic carbocycles. The van der Waals surface area contributed by atoms with E-state index in [4.69, 9.17) is 9.47 Å². The molecule has 0 rings (SSSR count). The van der Waals surface area contributed by atoms with E-state index in [0.29, 0.717) is 71.9 Å². The molecule has 0 aliphatic heterocycles. The van der Waals surface area contributed by atoms with Crippen LogP contribution in [0.2, 0.25) is 0 Å². The Balaban J connectivity index is 4.45. The van der Waals surface area contributed by atoms with Crippen molar-refractivity contribution in [1.82, 2.24) is 26.6 Å². The van der Waals surface area contributed by atoms with E-state index in [1.807, 2.05) is 13.8 Å². The van der Waals surface area contributed by atoms with Gasteiger partial charge in [-0.15, -0.1) is 0 Å². The van der Waals surface area contributed by atoms with Gasteiger partial charge in [0, 0.05) is 77.3 Å². The highest BCUT2D eigenvalue weighted by molar-refractivity contribution is 5.88. The summed E-state index contributed by atoms with van der Waals surface area (Å²) >= 11 is 0. The molecule has 12 heteroatoms. The van der Waals surface area contributed by atoms with E-state index in [0.717, 1.165) is 64.2 Å². The van der Waals surface area contributed by atoms with E-state index in [9.17, 15) is 24.0 Å². The van der Waals surface area contributed by atoms with E-state index in [1.54, 1.807) is 0 Å². The van der Waals surface area contributed by atoms with Crippen LogP contribution in [-0.4, -0.2) is 88.2 Å². The molecule has 0 aromatic heterocycles. The molecule has 0 fully saturated rings. The van der Waals surface area contributed by atoms with Crippen LogP contribution in [0.1, 0.15) is 241 Å². The Morgan fingerprint density at radius 1 is 0.379 bits per heavy atom. The lowest BCUT2D eigenvalue weighted by Gasteiger charge is -2.19. The molecule has 0 bridgehead atoms. The van der Waals surface area contributed by atoms with Crippen molar-refractivity contribution in [1.29, 1.82) is 0 Å². The first kappa shape index (κ1) is 63.3. The molecule has 0 spiro atoms. The van der Waals surface area contributed by atoms with Crippen LogP contribution < -0.4 is 26.6 Å². The molecule has 5 N–H and O–H groups in total. The number of ether oxygens (including phenoxy) is 2. The highest BCUT2D eigenvalue weighted by atomic mass is 16.5. The van der Waals surface area contributed by atoms with Crippen molar-refractivity contribution in [2.24, 2.45) is 17.8 Å². The molecule has 0 radical (unpaired) electrons. The molecule has 0 aromatic rings. The lowest BCUT2D eigenvalue weighted by Crippen LogP contribution is -2.47. The second kappa shape index (κ2) is 47.3. The maximum Gasteiger partial charge on any atom is 0.242 e. The van der Waals surface area contributed by atoms with E-state index >= 15 is 0 Å². The summed E-state index contributed by atoms with van der Waals surface area (Å²) in [6.07, 6.45) is 31.6. The Bertz CT molecular complexity index is 1170. The van der Waals surface area contributed by atoms with E-state index in [2.05, 4.69) is 54.3 Å². The zero-order valence-corrected chi connectivity index (χ0v) is 43.7. The Morgan fingerprint density at radius 2 is 0.712 bits per heavy atom. The fourth-order valence-electron chi connectivity index (χ4n) is 8.22. The van der Waals surface area contributed by atoms with Crippen LogP contribution in [0.3, 0.4) is 0 Å². The molecule has 2 unspecified atom stereocenters. The van der Waals surface area contributed by atoms with Crippen LogP contribution >= 0.6 is 0 Å². The smallest absolute Gasteiger partial charge is 0.242 e. The van der Waals surface area contributed by atoms with Crippen LogP contribution in [0, 0.1) is 17.8 Å². The van der Waals surface area contributed by atoms with E-state index in [1.165, 1.54) is 103 Å². The van der Waals surface area contributed by atoms with Crippen molar-refractivity contribution in [2.75, 3.05) is 52.6 Å². The molecule has 388 valence electrons. The van der Waals surface area contributed by atoms with Gasteiger partial charge in [-0.3, -0.25) is 24.0 Å². The first-order chi connectivity index (χ1) is 32.1. The van der Waals surface area contributed by atoms with Gasteiger partial charge < -0.3 is 36.1 Å². The summed E-state index contributed by atoms with van der Waals surface area (Å²) in [5.41, 5.74) is 0. The lowest BCUT2D eigenvalue weighted by molar-refractivity contribution is -0.130. The van der Waals surface area contributed by atoms with Gasteiger partial charge in [-0.1, -0.05) is 170 Å². The third-order valence-corrected chi connectivity index (χ3v) is 12.4. The first-order valence-corrected chi connectivity index (χ1v) is 27.6. The predicted molar refractivity (Wildman–Crippen MR) is 273 cm³/mol. The largest absolute Gasteiger partial charge is 0.381 e. The number of nitrogens with one attached hydrogen (secondary N) is 5. The number of hydrogen-bond acceptors (Lipinski definition) is 7. The van der Waals surface area contributed by atoms with Crippen molar-refractivity contribution < 1.29 is 33.4 Å². The minimum absolute atomic E-state index is 0.0998. The summed E-state index contributed by atoms with van der Waals surface area (Å²) in [7, 11) is 0. The Kier molecular flexibility index (Phi) is 45.4. The van der Waals surface area contributed by atoms with Crippen molar-refractivity contribution >= 4 is 29.5 Å². The van der Waals surface area contributed by atoms with Gasteiger partial charge in [0.2, 0.25) is 29.5 Å². The molecule has 0 aliphatic rings. The standard InChI is InChI=1S/C54H105N5O7/c1-7-11-15-19-21-25-33-47(31-23-17-13-9-3)52(62)56-38-28-42-65-41-27-37-55-50(60)36-35-49(59-51(61)45-46(5)6)54(64)58-40-30-44-66-43-29-39-57-53(63)48(32-24-18-14-10-4)34-26-22-20-16-12-8-2/h46-49H,7-45H2,1-6H3,(H,55,60)(H,56,62)(H,57,63)(H,58,64)(H,59,61)/t47?,48?,49-/m0/s1. The highest BCUT2D eigenvalue weighted by Gasteiger charge is 2.22. The van der Waals surface area contributed by atoms with E-state index < -0.39 is 6.04 Å². The minimum atomic E-state index is -0.807. The van der Waals surface area contributed by atoms with Crippen LogP contribution in [0.4, 0.5) is 0 Å². The zero-order chi connectivity index (χ0) is 48.7. The second-order valence-electron chi connectivity index (χ2n) is 19.3. The van der Waals surface area contributed by atoms with Crippen LogP contribution in [0.15, 0.2) is 0 Å². The van der Waals surface area contributed by atoms with Gasteiger partial charge in [-0.25, -0.2) is 0 Å². The highest BCUT2D eigenvalue weighted by Crippen LogP contribution is 2.21. The summed E-state index contributed by atoms with van der Waals surface area (Å²) in [4.78, 5) is 64.5. The zero-order valence-electron chi connectivity index (χ0n) is 43.7. The fraction of sp³-hybridized carbons (Fsp3) is 0.907. The summed E-state index contributed by atoms with van der Waals surface area (Å²) < 4.78 is 11.6. The SMILES string of the molecule is CCCCCCCCC(CCCCCC)C(=O)NCCCOCCCNC(=O)CC[C@H](NC(=O)CC(C)C)C(=O)NCCCOCCCNC(=O)C(CCCCCC)CCCCCCCC. The van der Waals surface area contributed by atoms with Gasteiger partial charge in [0.25, 0.3) is 0 Å². The van der Waals surface area contributed by atoms with Gasteiger partial charge in [-0.05, 0) is 63.7 Å². The third-order valence-electron chi connectivity index (χ3n) is 12.4. The number of carbonyl (C=O) groups excluding carboxylic acids is 5. The maximum absolute atomic E-state index is 13.1. The number of amides is 5. The van der Waals surface area contributed by atoms with Crippen LogP contribution in [0.25, 0.3) is 0 Å². The quantitative estimate of drug-likeness (QED) is 0.0379. The number of unbranched alkanes of at least 4 members (excludes halogenated alkanes) is 16. The minimum Gasteiger partial charge on any atom is -0.381 e. The number of rotatable bonds is 49. The van der Waals surface area contributed by atoms with Crippen LogP contribution in [-0.2, 0) is 33.4 Å². The summed E-state index contributed by atoms with van der Waals surface area (Å²) in [6, 6.07) is -0.807. The Hall–Kier alpha value is -2.73. The van der Waals surface area contributed by atoms with Crippen LogP contribution in [0.5, 0.6) is 0 Å². The Labute approximate surface area is 405 Å². The average molecular weight is 936 g/mol. The summed E-state index contributed by atoms with van der Waals surface area (Å²) in [5.74, 6) is 0.0217. The fourth-order valence-corrected chi connectivity index (χ4v) is 8.22. The van der Waals surface area contributed by atoms with Crippen molar-refractivity contribution in [2.45, 2.75) is 247 Å². The molecule has 5 amide bonds. The van der Waals surface area contributed by atoms with Crippen molar-refractivity contribution in [3.63, 3.8) is 0 Å². The predicted octanol–water partition coefficient (Wildman–Crippen LogP) is 11.0. The monoisotopic (exact) mass is 936 g/mol. The van der Waals surface area contributed by atoms with Gasteiger partial charge in [0.05, 0.1) is 0 Å². The topological polar surface area (TPSA) is 164 Å². The summed E-state index contributed by atoms with van der Waals surface area (Å²) in [6.45, 7) is 16.9. The van der Waals surface area contributed by atoms with Gasteiger partial charge in [0.1, 0.15) is 6.04 Å². The molecular weight excluding hydrogens is 831 g/mol. The molecule has 3 atom stereocenters. The normalized spacial score (nSPS) is 12.7. The number of carbonyl (C=O) groups is 5. The van der Waals surface area contributed by atoms with Gasteiger partial charge in [-0.2, -0.15) is 0 Å². The second-order valence-corrected chi connectivity index (χ2v) is 19.3. The molecule has 66 heavy (non-hydrogen) atoms. The molecule has 0 heterocycles. The molecule has 0 aliphatic carbocycles. The van der Waals surface area contributed by atoms with E-state index in [-0.39, 0.29) is 60.1 Å². The van der Waals surface area contributed by atoms with Crippen molar-refractivity contribution in [3.05, 3.63) is 0 Å². The Morgan fingerprint density at radius 3 is 1.09 bits per heavy atom. The summed E-state index contributed by atoms with van der Waals surface area (Å²) in [5, 5.41) is 15.0. The molecular formula is C54H105N5O7. The van der Waals surface area contributed by atoms with Gasteiger partial charge in [0.15, 0.2) is 0 Å². The molecule has 0 saturated heterocycles. The molecule has 0 saturated carbocycles. The first-order valence-electron chi connectivity index (χ1n) is 27.6. The maximum atomic E-state index is 13.1. The number of hydrogen-bond donors (Lipinski definition) is 5. The molecule has 12 nitrogen and oxygen atoms in total.